The van der Waals surface area contributed by atoms with Crippen LogP contribution in [0.2, 0.25) is 0 Å². The Hall–Kier alpha value is -1.36. The van der Waals surface area contributed by atoms with Crippen LogP contribution < -0.4 is 0 Å². The Morgan fingerprint density at radius 1 is 1.47 bits per heavy atom. The Bertz CT molecular complexity index is 349. The number of carboxylic acids is 1. The summed E-state index contributed by atoms with van der Waals surface area (Å²) in [5, 5.41) is 13.1. The number of hydrogen-bond acceptors (Lipinski definition) is 3. The first-order chi connectivity index (χ1) is 8.17. The van der Waals surface area contributed by atoms with E-state index in [0.717, 1.165) is 31.6 Å². The van der Waals surface area contributed by atoms with E-state index in [1.165, 1.54) is 0 Å². The quantitative estimate of drug-likeness (QED) is 0.748. The second kappa shape index (κ2) is 7.06. The van der Waals surface area contributed by atoms with Crippen molar-refractivity contribution in [2.75, 3.05) is 13.1 Å². The average Bonchev–Trinajstić information content (AvgIpc) is 2.66. The molecule has 5 nitrogen and oxygen atoms in total. The smallest absolute Gasteiger partial charge is 0.317 e. The largest absolute Gasteiger partial charge is 0.480 e. The first kappa shape index (κ1) is 13.7. The lowest BCUT2D eigenvalue weighted by Crippen LogP contribution is -2.31. The molecule has 0 spiro atoms. The molecule has 1 heterocycles. The topological polar surface area (TPSA) is 58.4 Å². The summed E-state index contributed by atoms with van der Waals surface area (Å²) in [5.74, 6) is -0.778. The van der Waals surface area contributed by atoms with Crippen LogP contribution in [0.4, 0.5) is 0 Å². The molecule has 1 rings (SSSR count). The second-order valence-corrected chi connectivity index (χ2v) is 4.15. The van der Waals surface area contributed by atoms with Crippen LogP contribution in [0.5, 0.6) is 0 Å². The maximum atomic E-state index is 10.8. The lowest BCUT2D eigenvalue weighted by Gasteiger charge is -2.19. The van der Waals surface area contributed by atoms with Gasteiger partial charge in [-0.1, -0.05) is 13.8 Å². The molecular weight excluding hydrogens is 218 g/mol. The molecule has 0 saturated carbocycles. The fraction of sp³-hybridized carbons (Fsp3) is 0.667. The first-order valence-electron chi connectivity index (χ1n) is 6.12. The van der Waals surface area contributed by atoms with Gasteiger partial charge in [0.05, 0.1) is 12.2 Å². The van der Waals surface area contributed by atoms with Crippen molar-refractivity contribution in [2.45, 2.75) is 39.8 Å². The van der Waals surface area contributed by atoms with E-state index in [1.54, 1.807) is 6.20 Å². The van der Waals surface area contributed by atoms with Gasteiger partial charge in [-0.2, -0.15) is 5.10 Å². The highest BCUT2D eigenvalue weighted by molar-refractivity contribution is 5.69. The zero-order valence-corrected chi connectivity index (χ0v) is 10.6. The number of hydrogen-bond donors (Lipinski definition) is 1. The second-order valence-electron chi connectivity index (χ2n) is 4.15. The first-order valence-corrected chi connectivity index (χ1v) is 6.12. The van der Waals surface area contributed by atoms with Crippen LogP contribution in [0.25, 0.3) is 0 Å². The van der Waals surface area contributed by atoms with Crippen molar-refractivity contribution in [3.05, 3.63) is 18.0 Å². The van der Waals surface area contributed by atoms with Crippen molar-refractivity contribution >= 4 is 5.97 Å². The van der Waals surface area contributed by atoms with Crippen LogP contribution in [-0.4, -0.2) is 38.8 Å². The number of nitrogens with zero attached hydrogens (tertiary/aromatic N) is 3. The Morgan fingerprint density at radius 3 is 2.82 bits per heavy atom. The van der Waals surface area contributed by atoms with Gasteiger partial charge in [0.25, 0.3) is 0 Å². The molecule has 0 aliphatic heterocycles. The molecule has 5 heteroatoms. The lowest BCUT2D eigenvalue weighted by atomic mass is 10.3. The van der Waals surface area contributed by atoms with Crippen molar-refractivity contribution in [1.29, 1.82) is 0 Å². The Labute approximate surface area is 102 Å². The van der Waals surface area contributed by atoms with Gasteiger partial charge in [-0.05, 0) is 25.5 Å². The Kier molecular flexibility index (Phi) is 5.69. The fourth-order valence-electron chi connectivity index (χ4n) is 1.86. The summed E-state index contributed by atoms with van der Waals surface area (Å²) in [4.78, 5) is 12.7. The molecule has 0 radical (unpaired) electrons. The van der Waals surface area contributed by atoms with Gasteiger partial charge in [-0.25, -0.2) is 0 Å². The van der Waals surface area contributed by atoms with Crippen LogP contribution in [0.15, 0.2) is 12.3 Å². The molecule has 0 bridgehead atoms. The van der Waals surface area contributed by atoms with Gasteiger partial charge in [-0.3, -0.25) is 14.4 Å². The average molecular weight is 239 g/mol. The van der Waals surface area contributed by atoms with Crippen molar-refractivity contribution in [2.24, 2.45) is 0 Å². The molecule has 0 aliphatic carbocycles. The minimum Gasteiger partial charge on any atom is -0.480 e. The normalized spacial score (nSPS) is 11.0. The zero-order valence-electron chi connectivity index (χ0n) is 10.6. The van der Waals surface area contributed by atoms with E-state index in [-0.39, 0.29) is 6.54 Å². The highest BCUT2D eigenvalue weighted by Crippen LogP contribution is 2.06. The van der Waals surface area contributed by atoms with Crippen LogP contribution in [0, 0.1) is 0 Å². The van der Waals surface area contributed by atoms with E-state index >= 15 is 0 Å². The van der Waals surface area contributed by atoms with Crippen molar-refractivity contribution in [3.8, 4) is 0 Å². The number of carboxylic acid groups (broad SMARTS) is 1. The van der Waals surface area contributed by atoms with Crippen LogP contribution in [-0.2, 0) is 17.9 Å². The predicted molar refractivity (Wildman–Crippen MR) is 65.7 cm³/mol. The van der Waals surface area contributed by atoms with Gasteiger partial charge in [-0.15, -0.1) is 0 Å². The summed E-state index contributed by atoms with van der Waals surface area (Å²) < 4.78 is 1.95. The molecule has 1 aromatic heterocycles. The third-order valence-corrected chi connectivity index (χ3v) is 2.52. The number of aromatic nitrogens is 2. The summed E-state index contributed by atoms with van der Waals surface area (Å²) in [6.07, 6.45) is 3.76. The van der Waals surface area contributed by atoms with Gasteiger partial charge in [0.15, 0.2) is 0 Å². The van der Waals surface area contributed by atoms with Crippen LogP contribution >= 0.6 is 0 Å². The van der Waals surface area contributed by atoms with E-state index in [9.17, 15) is 4.79 Å². The molecule has 17 heavy (non-hydrogen) atoms. The molecule has 0 aromatic carbocycles. The molecule has 0 fully saturated rings. The summed E-state index contributed by atoms with van der Waals surface area (Å²) >= 11 is 0. The third kappa shape index (κ3) is 4.56. The SMILES string of the molecule is CCCN(CC(=O)O)Cc1ccnn1CCC. The number of rotatable bonds is 8. The monoisotopic (exact) mass is 239 g/mol. The summed E-state index contributed by atoms with van der Waals surface area (Å²) in [6, 6.07) is 1.96. The van der Waals surface area contributed by atoms with E-state index in [0.29, 0.717) is 6.54 Å². The molecule has 1 aromatic rings. The van der Waals surface area contributed by atoms with Gasteiger partial charge in [0, 0.05) is 19.3 Å². The third-order valence-electron chi connectivity index (χ3n) is 2.52. The van der Waals surface area contributed by atoms with Gasteiger partial charge >= 0.3 is 5.97 Å². The predicted octanol–water partition coefficient (Wildman–Crippen LogP) is 1.59. The minimum absolute atomic E-state index is 0.0884. The maximum Gasteiger partial charge on any atom is 0.317 e. The summed E-state index contributed by atoms with van der Waals surface area (Å²) in [5.41, 5.74) is 1.08. The molecule has 0 amide bonds. The molecular formula is C12H21N3O2. The van der Waals surface area contributed by atoms with Crippen LogP contribution in [0.1, 0.15) is 32.4 Å². The molecule has 0 aliphatic rings. The number of aryl methyl sites for hydroxylation is 1. The molecule has 0 saturated heterocycles. The molecule has 96 valence electrons. The lowest BCUT2D eigenvalue weighted by molar-refractivity contribution is -0.138. The summed E-state index contributed by atoms with van der Waals surface area (Å²) in [6.45, 7) is 6.58. The molecule has 0 unspecified atom stereocenters. The Morgan fingerprint density at radius 2 is 2.24 bits per heavy atom. The van der Waals surface area contributed by atoms with Gasteiger partial charge in [0.1, 0.15) is 0 Å². The van der Waals surface area contributed by atoms with E-state index < -0.39 is 5.97 Å². The summed E-state index contributed by atoms with van der Waals surface area (Å²) in [7, 11) is 0. The van der Waals surface area contributed by atoms with Crippen LogP contribution in [0.3, 0.4) is 0 Å². The standard InChI is InChI=1S/C12H21N3O2/c1-3-7-14(10-12(16)17)9-11-5-6-13-15(11)8-4-2/h5-6H,3-4,7-10H2,1-2H3,(H,16,17). The van der Waals surface area contributed by atoms with Gasteiger partial charge in [0.2, 0.25) is 0 Å². The van der Waals surface area contributed by atoms with Crippen molar-refractivity contribution in [1.82, 2.24) is 14.7 Å². The number of aliphatic carboxylic acids is 1. The van der Waals surface area contributed by atoms with Crippen molar-refractivity contribution < 1.29 is 9.90 Å². The maximum absolute atomic E-state index is 10.8. The van der Waals surface area contributed by atoms with E-state index in [1.807, 2.05) is 15.6 Å². The van der Waals surface area contributed by atoms with E-state index in [4.69, 9.17) is 5.11 Å². The number of carbonyl (C=O) groups is 1. The zero-order chi connectivity index (χ0) is 12.7. The molecule has 0 atom stereocenters. The fourth-order valence-corrected chi connectivity index (χ4v) is 1.86. The highest BCUT2D eigenvalue weighted by atomic mass is 16.4. The van der Waals surface area contributed by atoms with E-state index in [2.05, 4.69) is 18.9 Å². The highest BCUT2D eigenvalue weighted by Gasteiger charge is 2.11. The molecule has 1 N–H and O–H groups in total. The minimum atomic E-state index is -0.778. The van der Waals surface area contributed by atoms with Gasteiger partial charge < -0.3 is 5.11 Å². The Balaban J connectivity index is 2.64. The van der Waals surface area contributed by atoms with Crippen molar-refractivity contribution in [3.63, 3.8) is 0 Å².